The Hall–Kier alpha value is -1.69. The molecule has 0 saturated heterocycles. The first-order valence-electron chi connectivity index (χ1n) is 14.4. The van der Waals surface area contributed by atoms with E-state index in [0.29, 0.717) is 18.1 Å². The summed E-state index contributed by atoms with van der Waals surface area (Å²) in [4.78, 5) is 32.4. The van der Waals surface area contributed by atoms with Gasteiger partial charge in [-0.2, -0.15) is 0 Å². The molecule has 8 atom stereocenters. The molecular weight excluding hydrogens is 464 g/mol. The number of carbonyl (C=O) groups is 2. The zero-order valence-electron chi connectivity index (χ0n) is 24.3. The number of allylic oxidation sites excluding steroid dienone is 2. The molecule has 0 spiro atoms. The van der Waals surface area contributed by atoms with Crippen molar-refractivity contribution in [3.8, 4) is 0 Å². The number of ketones is 1. The van der Waals surface area contributed by atoms with Gasteiger partial charge in [-0.05, 0) is 97.4 Å². The highest BCUT2D eigenvalue weighted by molar-refractivity contribution is 5.97. The lowest BCUT2D eigenvalue weighted by Crippen LogP contribution is -2.66. The van der Waals surface area contributed by atoms with Gasteiger partial charge in [0.2, 0.25) is 5.91 Å². The average Bonchev–Trinajstić information content (AvgIpc) is 2.82. The maximum absolute atomic E-state index is 14.4. The number of nitrogens with zero attached hydrogens (tertiary/aromatic N) is 1. The Balaban J connectivity index is 1.60. The summed E-state index contributed by atoms with van der Waals surface area (Å²) in [6.07, 6.45) is 10.6. The number of hydroxylamine groups is 1. The van der Waals surface area contributed by atoms with Crippen LogP contribution in [-0.4, -0.2) is 29.7 Å². The quantitative estimate of drug-likeness (QED) is 0.328. The van der Waals surface area contributed by atoms with Crippen LogP contribution in [0.25, 0.3) is 0 Å². The summed E-state index contributed by atoms with van der Waals surface area (Å²) in [5.41, 5.74) is 3.42. The molecule has 0 bridgehead atoms. The largest absolute Gasteiger partial charge is 0.399 e. The zero-order chi connectivity index (χ0) is 27.2. The van der Waals surface area contributed by atoms with Crippen LogP contribution in [0.3, 0.4) is 0 Å². The van der Waals surface area contributed by atoms with Crippen LogP contribution in [0, 0.1) is 50.2 Å². The fourth-order valence-electron chi connectivity index (χ4n) is 10.6. The zero-order valence-corrected chi connectivity index (χ0v) is 24.3. The van der Waals surface area contributed by atoms with E-state index in [2.05, 4.69) is 52.8 Å². The first kappa shape index (κ1) is 26.9. The van der Waals surface area contributed by atoms with Gasteiger partial charge in [0, 0.05) is 16.7 Å². The molecule has 0 heterocycles. The predicted octanol–water partition coefficient (Wildman–Crippen LogP) is 6.47. The number of fused-ring (bicyclic) bond motifs is 7. The maximum Gasteiger partial charge on any atom is 0.249 e. The van der Waals surface area contributed by atoms with Crippen molar-refractivity contribution in [2.45, 2.75) is 106 Å². The van der Waals surface area contributed by atoms with Gasteiger partial charge in [-0.15, -0.1) is 0 Å². The van der Waals surface area contributed by atoms with Crippen LogP contribution >= 0.6 is 0 Å². The van der Waals surface area contributed by atoms with Crippen LogP contribution in [0.4, 0.5) is 0 Å². The van der Waals surface area contributed by atoms with E-state index in [4.69, 9.17) is 4.84 Å². The molecule has 37 heavy (non-hydrogen) atoms. The van der Waals surface area contributed by atoms with E-state index in [1.54, 1.807) is 7.11 Å². The molecule has 206 valence electrons. The lowest BCUT2D eigenvalue weighted by Gasteiger charge is -2.70. The smallest absolute Gasteiger partial charge is 0.249 e. The Morgan fingerprint density at radius 2 is 1.70 bits per heavy atom. The molecule has 0 aliphatic heterocycles. The van der Waals surface area contributed by atoms with Gasteiger partial charge in [0.25, 0.3) is 0 Å². The average molecular weight is 513 g/mol. The Bertz CT molecular complexity index is 1080. The highest BCUT2D eigenvalue weighted by atomic mass is 16.6. The third-order valence-corrected chi connectivity index (χ3v) is 13.2. The van der Waals surface area contributed by atoms with Gasteiger partial charge in [0.05, 0.1) is 5.71 Å². The molecule has 6 nitrogen and oxygen atoms in total. The summed E-state index contributed by atoms with van der Waals surface area (Å²) in [5.74, 6) is 0.546. The van der Waals surface area contributed by atoms with Gasteiger partial charge < -0.3 is 4.84 Å². The summed E-state index contributed by atoms with van der Waals surface area (Å²) in [6.45, 7) is 16.2. The van der Waals surface area contributed by atoms with E-state index in [1.807, 2.05) is 12.4 Å². The Morgan fingerprint density at radius 1 is 1.03 bits per heavy atom. The molecule has 5 aliphatic rings. The molecule has 6 heteroatoms. The number of oxime groups is 1. The molecule has 0 aromatic heterocycles. The second-order valence-corrected chi connectivity index (χ2v) is 15.1. The monoisotopic (exact) mass is 512 g/mol. The first-order chi connectivity index (χ1) is 17.1. The van der Waals surface area contributed by atoms with Crippen molar-refractivity contribution in [1.82, 2.24) is 5.48 Å². The lowest BCUT2D eigenvalue weighted by atomic mass is 9.33. The first-order valence-corrected chi connectivity index (χ1v) is 14.4. The molecule has 2 N–H and O–H groups in total. The molecule has 0 aromatic carbocycles. The van der Waals surface area contributed by atoms with Gasteiger partial charge >= 0.3 is 0 Å². The highest BCUT2D eigenvalue weighted by Gasteiger charge is 2.70. The molecule has 0 radical (unpaired) electrons. The van der Waals surface area contributed by atoms with E-state index in [9.17, 15) is 14.8 Å². The van der Waals surface area contributed by atoms with Gasteiger partial charge in [0.15, 0.2) is 5.78 Å². The van der Waals surface area contributed by atoms with Crippen LogP contribution in [-0.2, 0) is 14.4 Å². The van der Waals surface area contributed by atoms with Gasteiger partial charge in [-0.1, -0.05) is 59.2 Å². The summed E-state index contributed by atoms with van der Waals surface area (Å²) in [5, 5.41) is 13.9. The lowest BCUT2D eigenvalue weighted by molar-refractivity contribution is -0.175. The Morgan fingerprint density at radius 3 is 2.35 bits per heavy atom. The number of carbonyl (C=O) groups excluding carboxylic acids is 2. The maximum atomic E-state index is 14.4. The third-order valence-electron chi connectivity index (χ3n) is 13.2. The number of hydrogen-bond donors (Lipinski definition) is 2. The molecule has 4 saturated carbocycles. The van der Waals surface area contributed by atoms with Crippen LogP contribution in [0.15, 0.2) is 16.8 Å². The van der Waals surface area contributed by atoms with Crippen molar-refractivity contribution in [2.75, 3.05) is 7.11 Å². The number of nitrogens with one attached hydrogen (secondary N) is 1. The van der Waals surface area contributed by atoms with Gasteiger partial charge in [-0.25, -0.2) is 5.48 Å². The van der Waals surface area contributed by atoms with Crippen molar-refractivity contribution < 1.29 is 19.6 Å². The fourth-order valence-corrected chi connectivity index (χ4v) is 10.6. The minimum absolute atomic E-state index is 0.0176. The van der Waals surface area contributed by atoms with Crippen LogP contribution in [0.2, 0.25) is 0 Å². The normalized spacial score (nSPS) is 49.6. The second-order valence-electron chi connectivity index (χ2n) is 15.1. The van der Waals surface area contributed by atoms with Crippen LogP contribution < -0.4 is 5.48 Å². The molecule has 5 aliphatic carbocycles. The van der Waals surface area contributed by atoms with Gasteiger partial charge in [-0.3, -0.25) is 14.8 Å². The molecule has 5 rings (SSSR count). The van der Waals surface area contributed by atoms with Crippen molar-refractivity contribution in [2.24, 2.45) is 55.4 Å². The summed E-state index contributed by atoms with van der Waals surface area (Å²) < 4.78 is 0. The fraction of sp³-hybridized carbons (Fsp3) is 0.839. The van der Waals surface area contributed by atoms with E-state index >= 15 is 0 Å². The standard InChI is InChI=1S/C31H48N2O4/c1-26(2)22-9-12-31(7)24(29(22,5)11-10-23(26)33-37-8)21(34)17-19-20-18-28(4,25(35)32-36)14-13-27(20,3)15-16-30(19,31)6/h17,20,22,24,36H,9-16,18H2,1-8H3,(H,32,35)/t20-,22?,24+,27+,28-,29-,30+,31+/m0/s1. The number of rotatable bonds is 2. The number of amides is 1. The van der Waals surface area contributed by atoms with E-state index in [0.717, 1.165) is 57.1 Å². The summed E-state index contributed by atoms with van der Waals surface area (Å²) >= 11 is 0. The topological polar surface area (TPSA) is 88.0 Å². The van der Waals surface area contributed by atoms with Crippen molar-refractivity contribution in [1.29, 1.82) is 0 Å². The molecule has 1 unspecified atom stereocenters. The van der Waals surface area contributed by atoms with Crippen molar-refractivity contribution >= 4 is 17.4 Å². The second kappa shape index (κ2) is 8.16. The summed E-state index contributed by atoms with van der Waals surface area (Å²) in [6, 6.07) is 0. The molecule has 4 fully saturated rings. The predicted molar refractivity (Wildman–Crippen MR) is 144 cm³/mol. The highest BCUT2D eigenvalue weighted by Crippen LogP contribution is 2.74. The van der Waals surface area contributed by atoms with Crippen molar-refractivity contribution in [3.63, 3.8) is 0 Å². The SMILES string of the molecule is CON=C1CC[C@@]2(C)C(CC[C@]3(C)[C@@H]2C(=O)C=C2[C@@H]4C[C@@](C)(C(=O)NO)CC[C@]4(C)CC[C@]23C)C1(C)C. The summed E-state index contributed by atoms with van der Waals surface area (Å²) in [7, 11) is 1.63. The van der Waals surface area contributed by atoms with Crippen molar-refractivity contribution in [3.05, 3.63) is 11.6 Å². The molecular formula is C31H48N2O4. The minimum Gasteiger partial charge on any atom is -0.399 e. The number of hydrogen-bond acceptors (Lipinski definition) is 5. The molecule has 0 aromatic rings. The van der Waals surface area contributed by atoms with Crippen LogP contribution in [0.5, 0.6) is 0 Å². The van der Waals surface area contributed by atoms with E-state index in [1.165, 1.54) is 5.57 Å². The van der Waals surface area contributed by atoms with E-state index in [-0.39, 0.29) is 44.8 Å². The molecule has 1 amide bonds. The van der Waals surface area contributed by atoms with E-state index < -0.39 is 5.41 Å². The minimum atomic E-state index is -0.618. The van der Waals surface area contributed by atoms with Gasteiger partial charge in [0.1, 0.15) is 7.11 Å². The Labute approximate surface area is 223 Å². The van der Waals surface area contributed by atoms with Crippen LogP contribution in [0.1, 0.15) is 106 Å². The Kier molecular flexibility index (Phi) is 5.93. The third kappa shape index (κ3) is 3.36.